The normalized spacial score (nSPS) is 12.1. The van der Waals surface area contributed by atoms with Crippen molar-refractivity contribution in [2.24, 2.45) is 0 Å². The maximum Gasteiger partial charge on any atom is 0.119 e. The average molecular weight is 351 g/mol. The fourth-order valence-electron chi connectivity index (χ4n) is 1.81. The molecule has 112 valence electrons. The van der Waals surface area contributed by atoms with Crippen molar-refractivity contribution in [2.75, 3.05) is 19.7 Å². The number of nitrogens with one attached hydrogen (secondary N) is 1. The monoisotopic (exact) mass is 350 g/mol. The lowest BCUT2D eigenvalue weighted by Gasteiger charge is -2.13. The van der Waals surface area contributed by atoms with E-state index in [9.17, 15) is 5.11 Å². The first-order valence-corrected chi connectivity index (χ1v) is 7.70. The summed E-state index contributed by atoms with van der Waals surface area (Å²) >= 11 is 3.37. The molecule has 0 aliphatic heterocycles. The van der Waals surface area contributed by atoms with E-state index >= 15 is 0 Å². The smallest absolute Gasteiger partial charge is 0.119 e. The van der Waals surface area contributed by atoms with Crippen LogP contribution in [-0.4, -0.2) is 35.9 Å². The maximum atomic E-state index is 9.85. The van der Waals surface area contributed by atoms with Crippen LogP contribution in [0, 0.1) is 0 Å². The summed E-state index contributed by atoms with van der Waals surface area (Å²) in [7, 11) is 0. The zero-order valence-corrected chi connectivity index (χ0v) is 13.3. The molecule has 0 aliphatic carbocycles. The van der Waals surface area contributed by atoms with Crippen LogP contribution in [0.2, 0.25) is 0 Å². The van der Waals surface area contributed by atoms with Crippen LogP contribution in [0.5, 0.6) is 5.75 Å². The molecule has 5 heteroatoms. The van der Waals surface area contributed by atoms with Crippen LogP contribution in [0.25, 0.3) is 0 Å². The molecular formula is C16H19BrN2O2. The van der Waals surface area contributed by atoms with Crippen LogP contribution in [0.4, 0.5) is 0 Å². The SMILES string of the molecule is OC(CNCCc1ccccn1)COc1ccc(Br)cc1. The minimum absolute atomic E-state index is 0.276. The Morgan fingerprint density at radius 1 is 1.19 bits per heavy atom. The second-order valence-electron chi connectivity index (χ2n) is 4.69. The number of aliphatic hydroxyl groups excluding tert-OH is 1. The van der Waals surface area contributed by atoms with Crippen molar-refractivity contribution < 1.29 is 9.84 Å². The van der Waals surface area contributed by atoms with E-state index < -0.39 is 6.10 Å². The zero-order valence-electron chi connectivity index (χ0n) is 11.7. The fraction of sp³-hybridized carbons (Fsp3) is 0.312. The predicted molar refractivity (Wildman–Crippen MR) is 86.5 cm³/mol. The van der Waals surface area contributed by atoms with Crippen molar-refractivity contribution in [3.05, 3.63) is 58.8 Å². The fourth-order valence-corrected chi connectivity index (χ4v) is 2.08. The molecule has 1 aromatic heterocycles. The van der Waals surface area contributed by atoms with Gasteiger partial charge in [-0.1, -0.05) is 22.0 Å². The second-order valence-corrected chi connectivity index (χ2v) is 5.61. The highest BCUT2D eigenvalue weighted by atomic mass is 79.9. The first-order valence-electron chi connectivity index (χ1n) is 6.91. The molecule has 1 aromatic carbocycles. The largest absolute Gasteiger partial charge is 0.491 e. The Kier molecular flexibility index (Phi) is 6.66. The van der Waals surface area contributed by atoms with Crippen molar-refractivity contribution >= 4 is 15.9 Å². The van der Waals surface area contributed by atoms with Gasteiger partial charge in [0, 0.05) is 35.9 Å². The minimum Gasteiger partial charge on any atom is -0.491 e. The Morgan fingerprint density at radius 2 is 2.00 bits per heavy atom. The highest BCUT2D eigenvalue weighted by molar-refractivity contribution is 9.10. The summed E-state index contributed by atoms with van der Waals surface area (Å²) in [6, 6.07) is 13.4. The van der Waals surface area contributed by atoms with E-state index in [1.807, 2.05) is 42.5 Å². The van der Waals surface area contributed by atoms with Gasteiger partial charge in [0.25, 0.3) is 0 Å². The molecule has 0 amide bonds. The van der Waals surface area contributed by atoms with Gasteiger partial charge in [0.1, 0.15) is 18.5 Å². The zero-order chi connectivity index (χ0) is 14.9. The number of aliphatic hydroxyl groups is 1. The molecule has 1 unspecified atom stereocenters. The highest BCUT2D eigenvalue weighted by Crippen LogP contribution is 2.16. The summed E-state index contributed by atoms with van der Waals surface area (Å²) in [5.74, 6) is 0.755. The Balaban J connectivity index is 1.59. The van der Waals surface area contributed by atoms with Crippen molar-refractivity contribution in [1.82, 2.24) is 10.3 Å². The van der Waals surface area contributed by atoms with Crippen LogP contribution >= 0.6 is 15.9 Å². The first-order chi connectivity index (χ1) is 10.2. The van der Waals surface area contributed by atoms with Gasteiger partial charge in [-0.15, -0.1) is 0 Å². The summed E-state index contributed by atoms with van der Waals surface area (Å²) in [5, 5.41) is 13.1. The van der Waals surface area contributed by atoms with Crippen LogP contribution < -0.4 is 10.1 Å². The van der Waals surface area contributed by atoms with Gasteiger partial charge in [-0.2, -0.15) is 0 Å². The summed E-state index contributed by atoms with van der Waals surface area (Å²) in [4.78, 5) is 4.25. The molecule has 2 aromatic rings. The van der Waals surface area contributed by atoms with Gasteiger partial charge in [-0.25, -0.2) is 0 Å². The van der Waals surface area contributed by atoms with E-state index in [-0.39, 0.29) is 6.61 Å². The summed E-state index contributed by atoms with van der Waals surface area (Å²) < 4.78 is 6.52. The minimum atomic E-state index is -0.530. The number of pyridine rings is 1. The van der Waals surface area contributed by atoms with E-state index in [0.717, 1.165) is 28.9 Å². The summed E-state index contributed by atoms with van der Waals surface area (Å²) in [6.45, 7) is 1.56. The molecule has 1 heterocycles. The van der Waals surface area contributed by atoms with Crippen molar-refractivity contribution in [2.45, 2.75) is 12.5 Å². The summed E-state index contributed by atoms with van der Waals surface area (Å²) in [6.07, 6.45) is 2.11. The van der Waals surface area contributed by atoms with Crippen molar-refractivity contribution in [3.8, 4) is 5.75 Å². The molecule has 2 rings (SSSR count). The molecule has 0 bridgehead atoms. The van der Waals surface area contributed by atoms with Crippen molar-refractivity contribution in [3.63, 3.8) is 0 Å². The number of halogens is 1. The van der Waals surface area contributed by atoms with E-state index in [1.165, 1.54) is 0 Å². The second kappa shape index (κ2) is 8.77. The third-order valence-electron chi connectivity index (χ3n) is 2.92. The number of rotatable bonds is 8. The van der Waals surface area contributed by atoms with Crippen molar-refractivity contribution in [1.29, 1.82) is 0 Å². The number of hydrogen-bond donors (Lipinski definition) is 2. The Hall–Kier alpha value is -1.43. The number of ether oxygens (including phenoxy) is 1. The molecule has 4 nitrogen and oxygen atoms in total. The van der Waals surface area contributed by atoms with Crippen LogP contribution in [0.1, 0.15) is 5.69 Å². The molecule has 0 fully saturated rings. The van der Waals surface area contributed by atoms with E-state index in [0.29, 0.717) is 6.54 Å². The number of benzene rings is 1. The first kappa shape index (κ1) is 15.9. The van der Waals surface area contributed by atoms with Crippen LogP contribution in [0.15, 0.2) is 53.1 Å². The Bertz CT molecular complexity index is 520. The van der Waals surface area contributed by atoms with Gasteiger partial charge < -0.3 is 15.2 Å². The van der Waals surface area contributed by atoms with Gasteiger partial charge in [0.15, 0.2) is 0 Å². The third-order valence-corrected chi connectivity index (χ3v) is 3.45. The van der Waals surface area contributed by atoms with Gasteiger partial charge in [-0.3, -0.25) is 4.98 Å². The van der Waals surface area contributed by atoms with E-state index in [4.69, 9.17) is 4.74 Å². The van der Waals surface area contributed by atoms with Gasteiger partial charge in [0.2, 0.25) is 0 Å². The lowest BCUT2D eigenvalue weighted by Crippen LogP contribution is -2.32. The predicted octanol–water partition coefficient (Wildman–Crippen LogP) is 2.42. The lowest BCUT2D eigenvalue weighted by atomic mass is 10.2. The molecule has 1 atom stereocenters. The number of aromatic nitrogens is 1. The molecule has 21 heavy (non-hydrogen) atoms. The average Bonchev–Trinajstić information content (AvgIpc) is 2.52. The number of nitrogens with zero attached hydrogens (tertiary/aromatic N) is 1. The molecule has 0 saturated heterocycles. The van der Waals surface area contributed by atoms with Crippen LogP contribution in [-0.2, 0) is 6.42 Å². The maximum absolute atomic E-state index is 9.85. The molecule has 0 radical (unpaired) electrons. The molecule has 0 spiro atoms. The standard InChI is InChI=1S/C16H19BrN2O2/c17-13-4-6-16(7-5-13)21-12-15(20)11-18-10-8-14-3-1-2-9-19-14/h1-7,9,15,18,20H,8,10-12H2. The quantitative estimate of drug-likeness (QED) is 0.718. The van der Waals surface area contributed by atoms with E-state index in [2.05, 4.69) is 26.2 Å². The van der Waals surface area contributed by atoms with E-state index in [1.54, 1.807) is 6.20 Å². The van der Waals surface area contributed by atoms with Gasteiger partial charge in [-0.05, 0) is 36.4 Å². The number of hydrogen-bond acceptors (Lipinski definition) is 4. The molecule has 2 N–H and O–H groups in total. The van der Waals surface area contributed by atoms with Gasteiger partial charge in [0.05, 0.1) is 0 Å². The molecular weight excluding hydrogens is 332 g/mol. The highest BCUT2D eigenvalue weighted by Gasteiger charge is 2.05. The topological polar surface area (TPSA) is 54.4 Å². The molecule has 0 aliphatic rings. The summed E-state index contributed by atoms with van der Waals surface area (Å²) in [5.41, 5.74) is 1.05. The van der Waals surface area contributed by atoms with Gasteiger partial charge >= 0.3 is 0 Å². The Labute approximate surface area is 133 Å². The lowest BCUT2D eigenvalue weighted by molar-refractivity contribution is 0.106. The Morgan fingerprint density at radius 3 is 2.71 bits per heavy atom. The molecule has 0 saturated carbocycles. The van der Waals surface area contributed by atoms with Crippen LogP contribution in [0.3, 0.4) is 0 Å². The third kappa shape index (κ3) is 6.25.